The van der Waals surface area contributed by atoms with Gasteiger partial charge < -0.3 is 10.5 Å². The van der Waals surface area contributed by atoms with Crippen LogP contribution in [0.25, 0.3) is 10.8 Å². The van der Waals surface area contributed by atoms with Crippen LogP contribution in [0.4, 0.5) is 0 Å². The first-order chi connectivity index (χ1) is 10.3. The van der Waals surface area contributed by atoms with E-state index in [2.05, 4.69) is 47.4 Å². The lowest BCUT2D eigenvalue weighted by Crippen LogP contribution is -2.37. The molecule has 1 fully saturated rings. The van der Waals surface area contributed by atoms with Gasteiger partial charge in [0.25, 0.3) is 0 Å². The van der Waals surface area contributed by atoms with E-state index >= 15 is 0 Å². The van der Waals surface area contributed by atoms with Crippen LogP contribution in [-0.4, -0.2) is 37.7 Å². The van der Waals surface area contributed by atoms with Gasteiger partial charge in [0, 0.05) is 32.3 Å². The molecular weight excluding hydrogens is 260 g/mol. The van der Waals surface area contributed by atoms with Gasteiger partial charge in [0.15, 0.2) is 0 Å². The standard InChI is InChI=1S/C18H24N2O/c1-21-12-11-20(15-9-10-15)18(13-19)17-8-4-6-14-5-2-3-7-16(14)17/h2-8,15,18H,9-13,19H2,1H3. The first-order valence-corrected chi connectivity index (χ1v) is 7.77. The van der Waals surface area contributed by atoms with Crippen LogP contribution < -0.4 is 5.73 Å². The molecule has 2 aromatic carbocycles. The Morgan fingerprint density at radius 2 is 1.95 bits per heavy atom. The molecule has 21 heavy (non-hydrogen) atoms. The van der Waals surface area contributed by atoms with E-state index in [4.69, 9.17) is 10.5 Å². The average molecular weight is 284 g/mol. The number of rotatable bonds is 7. The van der Waals surface area contributed by atoms with Crippen molar-refractivity contribution in [2.75, 3.05) is 26.8 Å². The van der Waals surface area contributed by atoms with Crippen LogP contribution in [-0.2, 0) is 4.74 Å². The van der Waals surface area contributed by atoms with Crippen molar-refractivity contribution < 1.29 is 4.74 Å². The number of ether oxygens (including phenoxy) is 1. The molecule has 3 heteroatoms. The van der Waals surface area contributed by atoms with Crippen molar-refractivity contribution in [3.63, 3.8) is 0 Å². The summed E-state index contributed by atoms with van der Waals surface area (Å²) in [5, 5.41) is 2.61. The molecule has 0 saturated heterocycles. The molecule has 2 aromatic rings. The second kappa shape index (κ2) is 6.56. The Morgan fingerprint density at radius 3 is 2.67 bits per heavy atom. The number of hydrogen-bond acceptors (Lipinski definition) is 3. The van der Waals surface area contributed by atoms with E-state index < -0.39 is 0 Å². The number of methoxy groups -OCH3 is 1. The van der Waals surface area contributed by atoms with Gasteiger partial charge in [0.05, 0.1) is 6.61 Å². The average Bonchev–Trinajstić information content (AvgIpc) is 3.36. The van der Waals surface area contributed by atoms with E-state index in [0.717, 1.165) is 13.2 Å². The van der Waals surface area contributed by atoms with Crippen LogP contribution in [0.5, 0.6) is 0 Å². The molecule has 1 atom stereocenters. The van der Waals surface area contributed by atoms with Gasteiger partial charge in [-0.3, -0.25) is 4.90 Å². The van der Waals surface area contributed by atoms with Gasteiger partial charge in [-0.15, -0.1) is 0 Å². The molecule has 0 heterocycles. The highest BCUT2D eigenvalue weighted by Crippen LogP contribution is 2.36. The second-order valence-corrected chi connectivity index (χ2v) is 5.78. The maximum atomic E-state index is 6.15. The van der Waals surface area contributed by atoms with Crippen LogP contribution in [0.3, 0.4) is 0 Å². The normalized spacial score (nSPS) is 16.5. The highest BCUT2D eigenvalue weighted by Gasteiger charge is 2.34. The fourth-order valence-electron chi connectivity index (χ4n) is 3.18. The van der Waals surface area contributed by atoms with Gasteiger partial charge in [-0.2, -0.15) is 0 Å². The molecule has 0 aromatic heterocycles. The lowest BCUT2D eigenvalue weighted by atomic mass is 9.97. The van der Waals surface area contributed by atoms with E-state index in [-0.39, 0.29) is 6.04 Å². The summed E-state index contributed by atoms with van der Waals surface area (Å²) in [4.78, 5) is 2.53. The second-order valence-electron chi connectivity index (χ2n) is 5.78. The zero-order valence-corrected chi connectivity index (χ0v) is 12.7. The molecule has 0 bridgehead atoms. The van der Waals surface area contributed by atoms with Crippen molar-refractivity contribution in [1.82, 2.24) is 4.90 Å². The monoisotopic (exact) mass is 284 g/mol. The van der Waals surface area contributed by atoms with Crippen molar-refractivity contribution in [1.29, 1.82) is 0 Å². The summed E-state index contributed by atoms with van der Waals surface area (Å²) >= 11 is 0. The van der Waals surface area contributed by atoms with E-state index in [9.17, 15) is 0 Å². The minimum absolute atomic E-state index is 0.277. The van der Waals surface area contributed by atoms with Crippen molar-refractivity contribution in [2.24, 2.45) is 5.73 Å². The smallest absolute Gasteiger partial charge is 0.0590 e. The summed E-state index contributed by atoms with van der Waals surface area (Å²) in [5.74, 6) is 0. The van der Waals surface area contributed by atoms with Gasteiger partial charge in [0.1, 0.15) is 0 Å². The van der Waals surface area contributed by atoms with Crippen LogP contribution in [0.1, 0.15) is 24.4 Å². The zero-order valence-electron chi connectivity index (χ0n) is 12.7. The van der Waals surface area contributed by atoms with E-state index in [1.54, 1.807) is 7.11 Å². The topological polar surface area (TPSA) is 38.5 Å². The Kier molecular flexibility index (Phi) is 4.54. The first-order valence-electron chi connectivity index (χ1n) is 7.77. The number of nitrogens with zero attached hydrogens (tertiary/aromatic N) is 1. The summed E-state index contributed by atoms with van der Waals surface area (Å²) in [5.41, 5.74) is 7.50. The Morgan fingerprint density at radius 1 is 1.19 bits per heavy atom. The number of nitrogens with two attached hydrogens (primary N) is 1. The SMILES string of the molecule is COCCN(C1CC1)C(CN)c1cccc2ccccc12. The fraction of sp³-hybridized carbons (Fsp3) is 0.444. The van der Waals surface area contributed by atoms with Gasteiger partial charge in [0.2, 0.25) is 0 Å². The highest BCUT2D eigenvalue weighted by atomic mass is 16.5. The third-order valence-corrected chi connectivity index (χ3v) is 4.38. The Labute approximate surface area is 126 Å². The summed E-state index contributed by atoms with van der Waals surface area (Å²) < 4.78 is 5.29. The Hall–Kier alpha value is -1.42. The largest absolute Gasteiger partial charge is 0.383 e. The molecule has 0 spiro atoms. The number of benzene rings is 2. The quantitative estimate of drug-likeness (QED) is 0.849. The molecule has 3 rings (SSSR count). The maximum absolute atomic E-state index is 6.15. The third-order valence-electron chi connectivity index (χ3n) is 4.38. The molecule has 1 aliphatic carbocycles. The third kappa shape index (κ3) is 3.10. The molecule has 1 unspecified atom stereocenters. The molecule has 0 radical (unpaired) electrons. The van der Waals surface area contributed by atoms with Gasteiger partial charge in [-0.05, 0) is 29.2 Å². The predicted molar refractivity (Wildman–Crippen MR) is 87.3 cm³/mol. The zero-order chi connectivity index (χ0) is 14.7. The molecule has 1 aliphatic rings. The fourth-order valence-corrected chi connectivity index (χ4v) is 3.18. The Balaban J connectivity index is 1.96. The van der Waals surface area contributed by atoms with Gasteiger partial charge in [-0.25, -0.2) is 0 Å². The maximum Gasteiger partial charge on any atom is 0.0590 e. The van der Waals surface area contributed by atoms with Crippen molar-refractivity contribution in [3.8, 4) is 0 Å². The van der Waals surface area contributed by atoms with Crippen molar-refractivity contribution in [2.45, 2.75) is 24.9 Å². The molecule has 2 N–H and O–H groups in total. The van der Waals surface area contributed by atoms with Crippen molar-refractivity contribution in [3.05, 3.63) is 48.0 Å². The number of hydrogen-bond donors (Lipinski definition) is 1. The summed E-state index contributed by atoms with van der Waals surface area (Å²) in [7, 11) is 1.76. The minimum atomic E-state index is 0.277. The van der Waals surface area contributed by atoms with E-state index in [1.165, 1.54) is 29.2 Å². The van der Waals surface area contributed by atoms with Crippen LogP contribution >= 0.6 is 0 Å². The molecule has 0 aliphatic heterocycles. The molecule has 0 amide bonds. The molecule has 112 valence electrons. The molecular formula is C18H24N2O. The molecule has 3 nitrogen and oxygen atoms in total. The summed E-state index contributed by atoms with van der Waals surface area (Å²) in [6.07, 6.45) is 2.57. The van der Waals surface area contributed by atoms with Gasteiger partial charge >= 0.3 is 0 Å². The van der Waals surface area contributed by atoms with E-state index in [1.807, 2.05) is 0 Å². The minimum Gasteiger partial charge on any atom is -0.383 e. The summed E-state index contributed by atoms with van der Waals surface area (Å²) in [6.45, 7) is 2.36. The molecule has 1 saturated carbocycles. The van der Waals surface area contributed by atoms with Crippen LogP contribution in [0.15, 0.2) is 42.5 Å². The number of fused-ring (bicyclic) bond motifs is 1. The summed E-state index contributed by atoms with van der Waals surface area (Å²) in [6, 6.07) is 16.1. The first kappa shape index (κ1) is 14.5. The van der Waals surface area contributed by atoms with Crippen LogP contribution in [0.2, 0.25) is 0 Å². The predicted octanol–water partition coefficient (Wildman–Crippen LogP) is 2.95. The highest BCUT2D eigenvalue weighted by molar-refractivity contribution is 5.86. The lowest BCUT2D eigenvalue weighted by molar-refractivity contribution is 0.116. The van der Waals surface area contributed by atoms with Crippen molar-refractivity contribution >= 4 is 10.8 Å². The Bertz CT molecular complexity index is 589. The van der Waals surface area contributed by atoms with Gasteiger partial charge in [-0.1, -0.05) is 42.5 Å². The van der Waals surface area contributed by atoms with E-state index in [0.29, 0.717) is 12.6 Å². The van der Waals surface area contributed by atoms with Crippen LogP contribution in [0, 0.1) is 0 Å². The lowest BCUT2D eigenvalue weighted by Gasteiger charge is -2.32.